The molecule has 0 atom stereocenters. The van der Waals surface area contributed by atoms with Crippen molar-refractivity contribution in [2.75, 3.05) is 6.61 Å². The molecule has 0 bridgehead atoms. The van der Waals surface area contributed by atoms with E-state index in [2.05, 4.69) is 4.98 Å². The zero-order chi connectivity index (χ0) is 14.9. The number of ether oxygens (including phenoxy) is 1. The van der Waals surface area contributed by atoms with E-state index in [1.807, 2.05) is 13.8 Å². The van der Waals surface area contributed by atoms with Crippen LogP contribution in [0.3, 0.4) is 0 Å². The maximum absolute atomic E-state index is 12.5. The Balaban J connectivity index is 2.58. The second-order valence-corrected chi connectivity index (χ2v) is 6.05. The molecule has 2 rings (SSSR count). The molecule has 0 radical (unpaired) electrons. The van der Waals surface area contributed by atoms with E-state index in [0.29, 0.717) is 39.7 Å². The lowest BCUT2D eigenvalue weighted by atomic mass is 10.2. The van der Waals surface area contributed by atoms with Crippen molar-refractivity contribution in [2.45, 2.75) is 34.2 Å². The fourth-order valence-electron chi connectivity index (χ4n) is 2.07. The number of nitrogens with zero attached hydrogens (tertiary/aromatic N) is 2. The van der Waals surface area contributed by atoms with E-state index in [9.17, 15) is 9.59 Å². The number of fused-ring (bicyclic) bond motifs is 1. The van der Waals surface area contributed by atoms with Crippen molar-refractivity contribution in [2.24, 2.45) is 5.92 Å². The molecule has 0 saturated carbocycles. The Morgan fingerprint density at radius 3 is 2.80 bits per heavy atom. The van der Waals surface area contributed by atoms with E-state index in [-0.39, 0.29) is 11.5 Å². The standard InChI is InChI=1S/C14H18N2O3S/c1-5-19-14(18)11-9(4)10-12(20-11)15-7-16(13(10)17)6-8(2)3/h7-8H,5-6H2,1-4H3. The molecule has 0 fully saturated rings. The van der Waals surface area contributed by atoms with Gasteiger partial charge in [0, 0.05) is 6.54 Å². The molecule has 0 aromatic carbocycles. The average Bonchev–Trinajstić information content (AvgIpc) is 2.71. The Bertz CT molecular complexity index is 700. The minimum Gasteiger partial charge on any atom is -0.462 e. The van der Waals surface area contributed by atoms with Crippen LogP contribution < -0.4 is 5.56 Å². The van der Waals surface area contributed by atoms with Crippen LogP contribution >= 0.6 is 11.3 Å². The summed E-state index contributed by atoms with van der Waals surface area (Å²) in [6.45, 7) is 8.55. The second kappa shape index (κ2) is 5.75. The predicted octanol–water partition coefficient (Wildman–Crippen LogP) is 2.60. The molecule has 0 N–H and O–H groups in total. The van der Waals surface area contributed by atoms with Crippen molar-refractivity contribution < 1.29 is 9.53 Å². The lowest BCUT2D eigenvalue weighted by Gasteiger charge is -2.07. The molecule has 2 aromatic rings. The summed E-state index contributed by atoms with van der Waals surface area (Å²) in [5, 5.41) is 0.529. The van der Waals surface area contributed by atoms with Gasteiger partial charge in [0.15, 0.2) is 0 Å². The van der Waals surface area contributed by atoms with Crippen LogP contribution in [0.1, 0.15) is 36.0 Å². The van der Waals surface area contributed by atoms with E-state index in [1.54, 1.807) is 24.7 Å². The third-order valence-corrected chi connectivity index (χ3v) is 4.12. The number of carbonyl (C=O) groups excluding carboxylic acids is 1. The van der Waals surface area contributed by atoms with Crippen LogP contribution in [0.15, 0.2) is 11.1 Å². The second-order valence-electron chi connectivity index (χ2n) is 5.05. The molecule has 20 heavy (non-hydrogen) atoms. The van der Waals surface area contributed by atoms with Gasteiger partial charge in [0.2, 0.25) is 0 Å². The van der Waals surface area contributed by atoms with Crippen molar-refractivity contribution in [3.05, 3.63) is 27.1 Å². The van der Waals surface area contributed by atoms with Gasteiger partial charge < -0.3 is 4.74 Å². The van der Waals surface area contributed by atoms with Gasteiger partial charge in [-0.1, -0.05) is 13.8 Å². The number of esters is 1. The number of rotatable bonds is 4. The summed E-state index contributed by atoms with van der Waals surface area (Å²) < 4.78 is 6.61. The largest absolute Gasteiger partial charge is 0.462 e. The molecule has 108 valence electrons. The SMILES string of the molecule is CCOC(=O)c1sc2ncn(CC(C)C)c(=O)c2c1C. The number of aromatic nitrogens is 2. The van der Waals surface area contributed by atoms with Gasteiger partial charge in [-0.2, -0.15) is 0 Å². The molecule has 0 unspecified atom stereocenters. The first kappa shape index (κ1) is 14.7. The van der Waals surface area contributed by atoms with Gasteiger partial charge >= 0.3 is 5.97 Å². The predicted molar refractivity (Wildman–Crippen MR) is 79.4 cm³/mol. The average molecular weight is 294 g/mol. The summed E-state index contributed by atoms with van der Waals surface area (Å²) in [6.07, 6.45) is 1.55. The topological polar surface area (TPSA) is 61.2 Å². The third kappa shape index (κ3) is 2.60. The number of hydrogen-bond donors (Lipinski definition) is 0. The smallest absolute Gasteiger partial charge is 0.348 e. The summed E-state index contributed by atoms with van der Waals surface area (Å²) >= 11 is 1.21. The lowest BCUT2D eigenvalue weighted by Crippen LogP contribution is -2.22. The molecule has 0 aliphatic rings. The van der Waals surface area contributed by atoms with Crippen LogP contribution in [0.5, 0.6) is 0 Å². The highest BCUT2D eigenvalue weighted by atomic mass is 32.1. The highest BCUT2D eigenvalue weighted by molar-refractivity contribution is 7.20. The first-order valence-electron chi connectivity index (χ1n) is 6.61. The number of hydrogen-bond acceptors (Lipinski definition) is 5. The van der Waals surface area contributed by atoms with Crippen LogP contribution in [-0.4, -0.2) is 22.1 Å². The fourth-order valence-corrected chi connectivity index (χ4v) is 3.11. The first-order valence-corrected chi connectivity index (χ1v) is 7.43. The Morgan fingerprint density at radius 2 is 2.20 bits per heavy atom. The van der Waals surface area contributed by atoms with Crippen molar-refractivity contribution in [1.29, 1.82) is 0 Å². The Morgan fingerprint density at radius 1 is 1.50 bits per heavy atom. The molecule has 0 spiro atoms. The fraction of sp³-hybridized carbons (Fsp3) is 0.500. The highest BCUT2D eigenvalue weighted by Crippen LogP contribution is 2.27. The summed E-state index contributed by atoms with van der Waals surface area (Å²) in [6, 6.07) is 0. The molecular weight excluding hydrogens is 276 g/mol. The van der Waals surface area contributed by atoms with E-state index >= 15 is 0 Å². The Kier molecular flexibility index (Phi) is 4.23. The van der Waals surface area contributed by atoms with Gasteiger partial charge in [-0.15, -0.1) is 11.3 Å². The molecule has 2 aromatic heterocycles. The van der Waals surface area contributed by atoms with Crippen LogP contribution in [0.2, 0.25) is 0 Å². The molecule has 0 aliphatic carbocycles. The summed E-state index contributed by atoms with van der Waals surface area (Å²) in [7, 11) is 0. The van der Waals surface area contributed by atoms with E-state index in [1.165, 1.54) is 11.3 Å². The van der Waals surface area contributed by atoms with Gasteiger partial charge in [0.25, 0.3) is 5.56 Å². The van der Waals surface area contributed by atoms with E-state index < -0.39 is 0 Å². The van der Waals surface area contributed by atoms with E-state index in [4.69, 9.17) is 4.74 Å². The Hall–Kier alpha value is -1.69. The summed E-state index contributed by atoms with van der Waals surface area (Å²) in [4.78, 5) is 29.7. The zero-order valence-corrected chi connectivity index (χ0v) is 12.9. The van der Waals surface area contributed by atoms with Gasteiger partial charge in [0.1, 0.15) is 9.71 Å². The van der Waals surface area contributed by atoms with Crippen LogP contribution in [0.4, 0.5) is 0 Å². The minimum absolute atomic E-state index is 0.0898. The molecule has 0 amide bonds. The molecular formula is C14H18N2O3S. The maximum atomic E-state index is 12.5. The monoisotopic (exact) mass is 294 g/mol. The van der Waals surface area contributed by atoms with Gasteiger partial charge in [-0.3, -0.25) is 9.36 Å². The summed E-state index contributed by atoms with van der Waals surface area (Å²) in [5.74, 6) is -0.0294. The van der Waals surface area contributed by atoms with Crippen molar-refractivity contribution in [3.63, 3.8) is 0 Å². The van der Waals surface area contributed by atoms with Gasteiger partial charge in [0.05, 0.1) is 18.3 Å². The van der Waals surface area contributed by atoms with Crippen molar-refractivity contribution in [1.82, 2.24) is 9.55 Å². The third-order valence-electron chi connectivity index (χ3n) is 2.94. The lowest BCUT2D eigenvalue weighted by molar-refractivity contribution is 0.0531. The molecule has 2 heterocycles. The maximum Gasteiger partial charge on any atom is 0.348 e. The molecule has 0 aliphatic heterocycles. The first-order chi connectivity index (χ1) is 9.45. The van der Waals surface area contributed by atoms with Crippen molar-refractivity contribution in [3.8, 4) is 0 Å². The van der Waals surface area contributed by atoms with Gasteiger partial charge in [-0.25, -0.2) is 9.78 Å². The van der Waals surface area contributed by atoms with Crippen molar-refractivity contribution >= 4 is 27.5 Å². The minimum atomic E-state index is -0.386. The van der Waals surface area contributed by atoms with Crippen LogP contribution in [-0.2, 0) is 11.3 Å². The molecule has 5 nitrogen and oxygen atoms in total. The number of thiophene rings is 1. The molecule has 6 heteroatoms. The molecule has 0 saturated heterocycles. The van der Waals surface area contributed by atoms with Crippen LogP contribution in [0.25, 0.3) is 10.2 Å². The van der Waals surface area contributed by atoms with Gasteiger partial charge in [-0.05, 0) is 25.3 Å². The normalized spacial score (nSPS) is 11.2. The quantitative estimate of drug-likeness (QED) is 0.813. The summed E-state index contributed by atoms with van der Waals surface area (Å²) in [5.41, 5.74) is 0.576. The van der Waals surface area contributed by atoms with Crippen LogP contribution in [0, 0.1) is 12.8 Å². The van der Waals surface area contributed by atoms with E-state index in [0.717, 1.165) is 0 Å². The Labute approximate surface area is 121 Å². The zero-order valence-electron chi connectivity index (χ0n) is 12.1. The number of carbonyl (C=O) groups is 1. The highest BCUT2D eigenvalue weighted by Gasteiger charge is 2.20. The number of aryl methyl sites for hydroxylation is 1.